The summed E-state index contributed by atoms with van der Waals surface area (Å²) in [7, 11) is -0.683. The molecule has 1 saturated carbocycles. The van der Waals surface area contributed by atoms with Crippen molar-refractivity contribution in [2.75, 3.05) is 0 Å². The van der Waals surface area contributed by atoms with Gasteiger partial charge in [0.05, 0.1) is 22.3 Å². The lowest BCUT2D eigenvalue weighted by molar-refractivity contribution is -0.0902. The largest absolute Gasteiger partial charge is 0.494 e. The Kier molecular flexibility index (Phi) is 5.33. The summed E-state index contributed by atoms with van der Waals surface area (Å²) >= 11 is 0. The fourth-order valence-electron chi connectivity index (χ4n) is 4.14. The first kappa shape index (κ1) is 23.0. The lowest BCUT2D eigenvalue weighted by atomic mass is 9.62. The van der Waals surface area contributed by atoms with E-state index in [0.717, 1.165) is 0 Å². The van der Waals surface area contributed by atoms with Crippen molar-refractivity contribution in [2.45, 2.75) is 96.2 Å². The maximum atomic E-state index is 15.3. The summed E-state index contributed by atoms with van der Waals surface area (Å²) in [5, 5.41) is 13.1. The first-order valence-electron chi connectivity index (χ1n) is 10.3. The van der Waals surface area contributed by atoms with Gasteiger partial charge in [-0.05, 0) is 66.9 Å². The molecule has 1 aliphatic heterocycles. The van der Waals surface area contributed by atoms with Gasteiger partial charge in [-0.1, -0.05) is 12.1 Å². The van der Waals surface area contributed by atoms with Crippen LogP contribution in [0, 0.1) is 5.82 Å². The van der Waals surface area contributed by atoms with Crippen molar-refractivity contribution in [2.24, 2.45) is 0 Å². The summed E-state index contributed by atoms with van der Waals surface area (Å²) < 4.78 is 32.6. The average molecular weight is 421 g/mol. The van der Waals surface area contributed by atoms with E-state index in [2.05, 4.69) is 5.32 Å². The third-order valence-electron chi connectivity index (χ3n) is 6.14. The van der Waals surface area contributed by atoms with Crippen molar-refractivity contribution < 1.29 is 28.3 Å². The zero-order chi connectivity index (χ0) is 22.8. The van der Waals surface area contributed by atoms with Gasteiger partial charge in [-0.2, -0.15) is 0 Å². The molecule has 0 spiro atoms. The highest BCUT2D eigenvalue weighted by Crippen LogP contribution is 2.49. The molecule has 6 nitrogen and oxygen atoms in total. The maximum absolute atomic E-state index is 15.3. The molecule has 30 heavy (non-hydrogen) atoms. The van der Waals surface area contributed by atoms with E-state index < -0.39 is 47.0 Å². The van der Waals surface area contributed by atoms with Crippen molar-refractivity contribution in [1.29, 1.82) is 0 Å². The van der Waals surface area contributed by atoms with Gasteiger partial charge in [-0.15, -0.1) is 0 Å². The molecular weight excluding hydrogens is 388 g/mol. The molecule has 0 bridgehead atoms. The zero-order valence-corrected chi connectivity index (χ0v) is 19.2. The Morgan fingerprint density at radius 1 is 1.13 bits per heavy atom. The van der Waals surface area contributed by atoms with Gasteiger partial charge in [0.15, 0.2) is 0 Å². The zero-order valence-electron chi connectivity index (χ0n) is 19.2. The molecule has 1 amide bonds. The van der Waals surface area contributed by atoms with Gasteiger partial charge in [-0.3, -0.25) is 0 Å². The summed E-state index contributed by atoms with van der Waals surface area (Å²) in [6.45, 7) is 14.7. The molecule has 1 saturated heterocycles. The SMILES string of the molecule is CC1(O)CC(NC(=O)OC(C)(C)C)(c2ccc(B3OC(C)(C)C(C)(C)O3)cc2F)C1. The molecule has 2 aliphatic rings. The average Bonchev–Trinajstić information content (AvgIpc) is 2.71. The highest BCUT2D eigenvalue weighted by molar-refractivity contribution is 6.62. The van der Waals surface area contributed by atoms with Gasteiger partial charge in [0, 0.05) is 18.4 Å². The van der Waals surface area contributed by atoms with Crippen LogP contribution in [-0.2, 0) is 19.6 Å². The fraction of sp³-hybridized carbons (Fsp3) is 0.682. The summed E-state index contributed by atoms with van der Waals surface area (Å²) in [5.41, 5.74) is -2.90. The van der Waals surface area contributed by atoms with Crippen LogP contribution >= 0.6 is 0 Å². The van der Waals surface area contributed by atoms with E-state index in [9.17, 15) is 9.90 Å². The first-order valence-corrected chi connectivity index (χ1v) is 10.3. The number of alkyl carbamates (subject to hydrolysis) is 1. The number of ether oxygens (including phenoxy) is 1. The Labute approximate surface area is 178 Å². The number of benzene rings is 1. The molecule has 0 aromatic heterocycles. The van der Waals surface area contributed by atoms with Gasteiger partial charge in [-0.25, -0.2) is 9.18 Å². The molecule has 3 rings (SSSR count). The second-order valence-corrected chi connectivity index (χ2v) is 10.9. The highest BCUT2D eigenvalue weighted by atomic mass is 19.1. The molecule has 2 N–H and O–H groups in total. The van der Waals surface area contributed by atoms with E-state index in [-0.39, 0.29) is 12.8 Å². The standard InChI is InChI=1S/C22H33BFNO5/c1-18(2,3)28-17(26)25-22(12-21(8,27)13-22)15-10-9-14(11-16(15)24)23-29-19(4,5)20(6,7)30-23/h9-11,27H,12-13H2,1-8H3,(H,25,26). The van der Waals surface area contributed by atoms with Crippen LogP contribution < -0.4 is 10.8 Å². The molecule has 1 heterocycles. The van der Waals surface area contributed by atoms with Gasteiger partial charge in [0.1, 0.15) is 11.4 Å². The Morgan fingerprint density at radius 3 is 2.10 bits per heavy atom. The van der Waals surface area contributed by atoms with Gasteiger partial charge < -0.3 is 24.5 Å². The summed E-state index contributed by atoms with van der Waals surface area (Å²) in [6.07, 6.45) is -0.273. The van der Waals surface area contributed by atoms with Crippen molar-refractivity contribution in [3.05, 3.63) is 29.6 Å². The maximum Gasteiger partial charge on any atom is 0.494 e. The van der Waals surface area contributed by atoms with Crippen LogP contribution in [0.4, 0.5) is 9.18 Å². The summed E-state index contributed by atoms with van der Waals surface area (Å²) in [5.74, 6) is -0.492. The first-order chi connectivity index (χ1) is 13.5. The number of aliphatic hydroxyl groups is 1. The van der Waals surface area contributed by atoms with Crippen LogP contribution in [0.5, 0.6) is 0 Å². The smallest absolute Gasteiger partial charge is 0.444 e. The van der Waals surface area contributed by atoms with E-state index in [4.69, 9.17) is 14.0 Å². The fourth-order valence-corrected chi connectivity index (χ4v) is 4.14. The number of hydrogen-bond donors (Lipinski definition) is 2. The molecule has 8 heteroatoms. The third kappa shape index (κ3) is 4.36. The highest BCUT2D eigenvalue weighted by Gasteiger charge is 2.55. The van der Waals surface area contributed by atoms with Crippen LogP contribution in [0.3, 0.4) is 0 Å². The molecule has 1 aromatic carbocycles. The summed E-state index contributed by atoms with van der Waals surface area (Å²) in [4.78, 5) is 12.4. The van der Waals surface area contributed by atoms with Gasteiger partial charge >= 0.3 is 13.2 Å². The van der Waals surface area contributed by atoms with E-state index in [0.29, 0.717) is 11.0 Å². The van der Waals surface area contributed by atoms with Crippen LogP contribution in [0.1, 0.15) is 73.8 Å². The van der Waals surface area contributed by atoms with Crippen molar-refractivity contribution in [3.8, 4) is 0 Å². The van der Waals surface area contributed by atoms with E-state index in [1.165, 1.54) is 6.07 Å². The predicted octanol–water partition coefficient (Wildman–Crippen LogP) is 3.39. The van der Waals surface area contributed by atoms with Crippen LogP contribution in [0.15, 0.2) is 18.2 Å². The molecule has 1 aromatic rings. The molecule has 1 aliphatic carbocycles. The van der Waals surface area contributed by atoms with E-state index >= 15 is 4.39 Å². The minimum Gasteiger partial charge on any atom is -0.444 e. The number of rotatable bonds is 3. The molecule has 0 unspecified atom stereocenters. The molecular formula is C22H33BFNO5. The Balaban J connectivity index is 1.87. The second-order valence-electron chi connectivity index (χ2n) is 10.9. The lowest BCUT2D eigenvalue weighted by Gasteiger charge is -2.52. The third-order valence-corrected chi connectivity index (χ3v) is 6.14. The van der Waals surface area contributed by atoms with Crippen LogP contribution in [0.25, 0.3) is 0 Å². The number of hydrogen-bond acceptors (Lipinski definition) is 5. The number of carbonyl (C=O) groups excluding carboxylic acids is 1. The Bertz CT molecular complexity index is 822. The number of nitrogens with one attached hydrogen (secondary N) is 1. The lowest BCUT2D eigenvalue weighted by Crippen LogP contribution is -2.62. The quantitative estimate of drug-likeness (QED) is 0.732. The van der Waals surface area contributed by atoms with E-state index in [1.54, 1.807) is 39.8 Å². The van der Waals surface area contributed by atoms with Crippen molar-refractivity contribution >= 4 is 18.7 Å². The Morgan fingerprint density at radius 2 is 1.67 bits per heavy atom. The molecule has 0 atom stereocenters. The van der Waals surface area contributed by atoms with Crippen LogP contribution in [-0.4, -0.2) is 40.7 Å². The van der Waals surface area contributed by atoms with Crippen molar-refractivity contribution in [1.82, 2.24) is 5.32 Å². The minimum absolute atomic E-state index is 0.187. The van der Waals surface area contributed by atoms with Gasteiger partial charge in [0.25, 0.3) is 0 Å². The topological polar surface area (TPSA) is 77.0 Å². The summed E-state index contributed by atoms with van der Waals surface area (Å²) in [6, 6.07) is 4.75. The molecule has 166 valence electrons. The minimum atomic E-state index is -1.04. The second kappa shape index (κ2) is 6.94. The number of halogens is 1. The normalized spacial score (nSPS) is 30.0. The molecule has 0 radical (unpaired) electrons. The van der Waals surface area contributed by atoms with E-state index in [1.807, 2.05) is 27.7 Å². The molecule has 2 fully saturated rings. The van der Waals surface area contributed by atoms with Crippen molar-refractivity contribution in [3.63, 3.8) is 0 Å². The monoisotopic (exact) mass is 421 g/mol. The Hall–Kier alpha value is -1.64. The van der Waals surface area contributed by atoms with Gasteiger partial charge in [0.2, 0.25) is 0 Å². The number of amides is 1. The number of carbonyl (C=O) groups is 1. The predicted molar refractivity (Wildman–Crippen MR) is 113 cm³/mol. The van der Waals surface area contributed by atoms with Crippen LogP contribution in [0.2, 0.25) is 0 Å².